The van der Waals surface area contributed by atoms with Crippen LogP contribution in [0.2, 0.25) is 0 Å². The number of hydrogen-bond acceptors (Lipinski definition) is 2. The Balaban J connectivity index is 2.38. The van der Waals surface area contributed by atoms with Crippen LogP contribution < -0.4 is 9.47 Å². The van der Waals surface area contributed by atoms with Gasteiger partial charge in [0, 0.05) is 11.5 Å². The highest BCUT2D eigenvalue weighted by Gasteiger charge is 2.18. The van der Waals surface area contributed by atoms with Gasteiger partial charge in [0.2, 0.25) is 0 Å². The maximum Gasteiger partial charge on any atom is 0.164 e. The van der Waals surface area contributed by atoms with Crippen LogP contribution in [0.3, 0.4) is 0 Å². The molecule has 0 heterocycles. The highest BCUT2D eigenvalue weighted by atomic mass is 16.5. The predicted molar refractivity (Wildman–Crippen MR) is 65.3 cm³/mol. The summed E-state index contributed by atoms with van der Waals surface area (Å²) in [7, 11) is 3.38. The molecule has 0 spiro atoms. The van der Waals surface area contributed by atoms with Gasteiger partial charge < -0.3 is 9.47 Å². The molecule has 0 N–H and O–H groups in total. The zero-order valence-corrected chi connectivity index (χ0v) is 9.90. The van der Waals surface area contributed by atoms with E-state index < -0.39 is 0 Å². The summed E-state index contributed by atoms with van der Waals surface area (Å²) in [5, 5.41) is 0. The number of hydrogen-bond donors (Lipinski definition) is 0. The van der Waals surface area contributed by atoms with E-state index in [1.54, 1.807) is 14.2 Å². The average molecular weight is 218 g/mol. The van der Waals surface area contributed by atoms with Crippen LogP contribution in [0.25, 0.3) is 0 Å². The number of para-hydroxylation sites is 1. The second-order valence-electron chi connectivity index (χ2n) is 4.05. The second-order valence-corrected chi connectivity index (χ2v) is 4.05. The third-order valence-corrected chi connectivity index (χ3v) is 3.09. The zero-order chi connectivity index (χ0) is 11.4. The molecule has 0 bridgehead atoms. The van der Waals surface area contributed by atoms with Crippen LogP contribution in [0.4, 0.5) is 0 Å². The first kappa shape index (κ1) is 11.1. The number of allylic oxidation sites excluding steroid dienone is 2. The molecule has 1 atom stereocenters. The van der Waals surface area contributed by atoms with Gasteiger partial charge in [0.1, 0.15) is 0 Å². The molecule has 0 saturated heterocycles. The van der Waals surface area contributed by atoms with Gasteiger partial charge in [-0.05, 0) is 25.3 Å². The molecule has 0 saturated carbocycles. The Labute approximate surface area is 96.9 Å². The molecule has 0 amide bonds. The Morgan fingerprint density at radius 1 is 1.19 bits per heavy atom. The van der Waals surface area contributed by atoms with Gasteiger partial charge in [-0.25, -0.2) is 0 Å². The van der Waals surface area contributed by atoms with E-state index in [0.717, 1.165) is 11.5 Å². The topological polar surface area (TPSA) is 18.5 Å². The number of benzene rings is 1. The van der Waals surface area contributed by atoms with Gasteiger partial charge in [-0.15, -0.1) is 0 Å². The Hall–Kier alpha value is -1.44. The van der Waals surface area contributed by atoms with Crippen molar-refractivity contribution in [1.82, 2.24) is 0 Å². The molecule has 2 nitrogen and oxygen atoms in total. The van der Waals surface area contributed by atoms with Crippen LogP contribution >= 0.6 is 0 Å². The molecule has 1 aliphatic rings. The standard InChI is InChI=1S/C14H18O2/c1-15-13-10-6-9-12(14(13)16-2)11-7-4-3-5-8-11/h4,6-7,9-11H,3,5,8H2,1-2H3. The van der Waals surface area contributed by atoms with E-state index in [1.807, 2.05) is 12.1 Å². The maximum absolute atomic E-state index is 5.46. The van der Waals surface area contributed by atoms with E-state index in [-0.39, 0.29) is 0 Å². The fourth-order valence-corrected chi connectivity index (χ4v) is 2.28. The second kappa shape index (κ2) is 5.06. The van der Waals surface area contributed by atoms with Gasteiger partial charge in [-0.3, -0.25) is 0 Å². The Morgan fingerprint density at radius 2 is 2.06 bits per heavy atom. The van der Waals surface area contributed by atoms with Crippen molar-refractivity contribution in [3.05, 3.63) is 35.9 Å². The van der Waals surface area contributed by atoms with E-state index in [2.05, 4.69) is 18.2 Å². The summed E-state index contributed by atoms with van der Waals surface area (Å²) in [4.78, 5) is 0. The molecular weight excluding hydrogens is 200 g/mol. The Kier molecular flexibility index (Phi) is 3.50. The maximum atomic E-state index is 5.46. The number of ether oxygens (including phenoxy) is 2. The lowest BCUT2D eigenvalue weighted by molar-refractivity contribution is 0.350. The monoisotopic (exact) mass is 218 g/mol. The first-order chi connectivity index (χ1) is 7.86. The van der Waals surface area contributed by atoms with Crippen LogP contribution in [-0.4, -0.2) is 14.2 Å². The van der Waals surface area contributed by atoms with Crippen molar-refractivity contribution < 1.29 is 9.47 Å². The van der Waals surface area contributed by atoms with Gasteiger partial charge >= 0.3 is 0 Å². The number of rotatable bonds is 3. The quantitative estimate of drug-likeness (QED) is 0.722. The minimum absolute atomic E-state index is 0.471. The molecule has 86 valence electrons. The third-order valence-electron chi connectivity index (χ3n) is 3.09. The van der Waals surface area contributed by atoms with Gasteiger partial charge in [-0.1, -0.05) is 24.3 Å². The van der Waals surface area contributed by atoms with Crippen molar-refractivity contribution in [3.8, 4) is 11.5 Å². The third kappa shape index (κ3) is 2.06. The van der Waals surface area contributed by atoms with E-state index in [4.69, 9.17) is 9.47 Å². The summed E-state index contributed by atoms with van der Waals surface area (Å²) < 4.78 is 10.8. The van der Waals surface area contributed by atoms with Crippen molar-refractivity contribution in [2.75, 3.05) is 14.2 Å². The lowest BCUT2D eigenvalue weighted by Gasteiger charge is -2.20. The van der Waals surface area contributed by atoms with Crippen LogP contribution in [0.1, 0.15) is 30.7 Å². The molecule has 1 unspecified atom stereocenters. The van der Waals surface area contributed by atoms with Crippen LogP contribution in [0.5, 0.6) is 11.5 Å². The van der Waals surface area contributed by atoms with Gasteiger partial charge in [0.15, 0.2) is 11.5 Å². The summed E-state index contributed by atoms with van der Waals surface area (Å²) in [5.41, 5.74) is 1.23. The Morgan fingerprint density at radius 3 is 2.69 bits per heavy atom. The lowest BCUT2D eigenvalue weighted by Crippen LogP contribution is -2.03. The largest absolute Gasteiger partial charge is 0.493 e. The van der Waals surface area contributed by atoms with Crippen LogP contribution in [-0.2, 0) is 0 Å². The molecule has 0 aliphatic heterocycles. The zero-order valence-electron chi connectivity index (χ0n) is 9.90. The lowest BCUT2D eigenvalue weighted by atomic mass is 9.88. The van der Waals surface area contributed by atoms with Gasteiger partial charge in [-0.2, -0.15) is 0 Å². The molecule has 0 aromatic heterocycles. The van der Waals surface area contributed by atoms with E-state index in [1.165, 1.54) is 24.8 Å². The highest BCUT2D eigenvalue weighted by Crippen LogP contribution is 2.39. The summed E-state index contributed by atoms with van der Waals surface area (Å²) in [6.07, 6.45) is 8.18. The SMILES string of the molecule is COc1cccc(C2C=CCCC2)c1OC. The molecule has 16 heavy (non-hydrogen) atoms. The van der Waals surface area contributed by atoms with Crippen molar-refractivity contribution in [1.29, 1.82) is 0 Å². The van der Waals surface area contributed by atoms with E-state index in [0.29, 0.717) is 5.92 Å². The van der Waals surface area contributed by atoms with Crippen LogP contribution in [0, 0.1) is 0 Å². The Bertz CT molecular complexity index is 382. The first-order valence-corrected chi connectivity index (χ1v) is 5.74. The normalized spacial score (nSPS) is 19.5. The molecule has 0 radical (unpaired) electrons. The first-order valence-electron chi connectivity index (χ1n) is 5.74. The molecule has 1 aliphatic carbocycles. The summed E-state index contributed by atoms with van der Waals surface area (Å²) in [6, 6.07) is 6.09. The van der Waals surface area contributed by atoms with E-state index in [9.17, 15) is 0 Å². The van der Waals surface area contributed by atoms with Crippen molar-refractivity contribution in [3.63, 3.8) is 0 Å². The molecule has 0 fully saturated rings. The minimum atomic E-state index is 0.471. The van der Waals surface area contributed by atoms with Crippen molar-refractivity contribution in [2.24, 2.45) is 0 Å². The van der Waals surface area contributed by atoms with Crippen molar-refractivity contribution in [2.45, 2.75) is 25.2 Å². The summed E-state index contributed by atoms with van der Waals surface area (Å²) in [6.45, 7) is 0. The van der Waals surface area contributed by atoms with Gasteiger partial charge in [0.25, 0.3) is 0 Å². The highest BCUT2D eigenvalue weighted by molar-refractivity contribution is 5.49. The molecule has 1 aromatic carbocycles. The average Bonchev–Trinajstić information content (AvgIpc) is 2.38. The summed E-state index contributed by atoms with van der Waals surface area (Å²) >= 11 is 0. The number of methoxy groups -OCH3 is 2. The molecule has 2 heteroatoms. The predicted octanol–water partition coefficient (Wildman–Crippen LogP) is 3.53. The minimum Gasteiger partial charge on any atom is -0.493 e. The molecular formula is C14H18O2. The summed E-state index contributed by atoms with van der Waals surface area (Å²) in [5.74, 6) is 2.17. The van der Waals surface area contributed by atoms with E-state index >= 15 is 0 Å². The molecule has 1 aromatic rings. The van der Waals surface area contributed by atoms with Crippen LogP contribution in [0.15, 0.2) is 30.4 Å². The van der Waals surface area contributed by atoms with Gasteiger partial charge in [0.05, 0.1) is 14.2 Å². The van der Waals surface area contributed by atoms with Crippen molar-refractivity contribution >= 4 is 0 Å². The fourth-order valence-electron chi connectivity index (χ4n) is 2.28. The smallest absolute Gasteiger partial charge is 0.164 e. The fraction of sp³-hybridized carbons (Fsp3) is 0.429. The molecule has 2 rings (SSSR count).